The molecule has 1 amide bonds. The molecule has 2 fully saturated rings. The van der Waals surface area contributed by atoms with Gasteiger partial charge in [0.2, 0.25) is 0 Å². The molecule has 38 nitrogen and oxygen atoms in total. The molecule has 1 aliphatic heterocycles. The Morgan fingerprint density at radius 2 is 0.736 bits per heavy atom. The number of rotatable bonds is 38. The predicted molar refractivity (Wildman–Crippen MR) is 560 cm³/mol. The van der Waals surface area contributed by atoms with Gasteiger partial charge in [-0.1, -0.05) is 84.4 Å². The van der Waals surface area contributed by atoms with Crippen molar-refractivity contribution in [2.24, 2.45) is 0 Å². The average molecular weight is 2020 g/mol. The number of tetrazole rings is 4. The minimum absolute atomic E-state index is 0.0815. The number of amides is 1. The van der Waals surface area contributed by atoms with Crippen LogP contribution in [0.1, 0.15) is 106 Å². The van der Waals surface area contributed by atoms with Crippen LogP contribution >= 0.6 is 0 Å². The van der Waals surface area contributed by atoms with Crippen molar-refractivity contribution in [3.63, 3.8) is 0 Å². The first-order chi connectivity index (χ1) is 71.8. The van der Waals surface area contributed by atoms with Crippen molar-refractivity contribution in [2.75, 3.05) is 154 Å². The van der Waals surface area contributed by atoms with Crippen LogP contribution in [0.15, 0.2) is 189 Å². The summed E-state index contributed by atoms with van der Waals surface area (Å²) in [6.07, 6.45) is 17.2. The van der Waals surface area contributed by atoms with Crippen molar-refractivity contribution in [1.82, 2.24) is 136 Å². The SMILES string of the molecule is CCN(CC)CCOc1ccc(-n2nnnc2-c2cc(-c3ccc(C(=O)NC4CC4)cc3)cnc2N)c(F)c1C.CCN(CC)CCOc1ccc(-n2nnnc2-c2cc(-c3cccc(N(C)C)c3)cnc2N)c(F)c1C.CCN(CC)CCOc1ccc(-n2nnnc2-c2cc(-c3cncnc3)cnc2N)c(F)c1C.COc1ccc(-c2cnc(N)c(-c3nnnn3-c3ccc(OCCN4CCCCC4)c(C)c3F)c2)cc1. The number of likely N-dealkylation sites (N-methyl/N-ethyl adjacent to an activating group) is 3. The molecule has 0 radical (unpaired) electrons. The topological polar surface area (TPSA) is 447 Å². The zero-order chi connectivity index (χ0) is 105. The number of aromatic nitrogens is 22. The molecular weight excluding hydrogens is 1890 g/mol. The lowest BCUT2D eigenvalue weighted by Gasteiger charge is -2.26. The number of hydrogen-bond acceptors (Lipinski definition) is 33. The van der Waals surface area contributed by atoms with Gasteiger partial charge in [0.05, 0.1) is 29.4 Å². The van der Waals surface area contributed by atoms with Crippen LogP contribution in [0.3, 0.4) is 0 Å². The van der Waals surface area contributed by atoms with Gasteiger partial charge in [0, 0.05) is 145 Å². The number of halogens is 4. The quantitative estimate of drug-likeness (QED) is 0.0224. The second kappa shape index (κ2) is 49.9. The van der Waals surface area contributed by atoms with Crippen LogP contribution in [0.2, 0.25) is 0 Å². The fourth-order valence-electron chi connectivity index (χ4n) is 16.7. The van der Waals surface area contributed by atoms with Gasteiger partial charge in [0.1, 0.15) is 108 Å². The van der Waals surface area contributed by atoms with E-state index in [9.17, 15) is 4.79 Å². The van der Waals surface area contributed by atoms with Crippen LogP contribution in [-0.4, -0.2) is 268 Å². The number of carbonyl (C=O) groups is 1. The summed E-state index contributed by atoms with van der Waals surface area (Å²) in [6.45, 7) is 32.1. The molecule has 7 aromatic carbocycles. The number of nitrogen functional groups attached to an aromatic ring is 4. The number of hydrogen-bond donors (Lipinski definition) is 5. The number of piperidine rings is 1. The Hall–Kier alpha value is -16.5. The molecule has 16 aromatic rings. The molecule has 0 unspecified atom stereocenters. The van der Waals surface area contributed by atoms with Crippen LogP contribution < -0.4 is 56.8 Å². The highest BCUT2D eigenvalue weighted by Gasteiger charge is 2.29. The first kappa shape index (κ1) is 106. The molecule has 1 saturated carbocycles. The first-order valence-electron chi connectivity index (χ1n) is 49.2. The normalized spacial score (nSPS) is 12.4. The zero-order valence-corrected chi connectivity index (χ0v) is 85.2. The van der Waals surface area contributed by atoms with E-state index < -0.39 is 23.3 Å². The summed E-state index contributed by atoms with van der Waals surface area (Å²) < 4.78 is 96.1. The molecule has 18 rings (SSSR count). The Morgan fingerprint density at radius 3 is 1.07 bits per heavy atom. The Bertz CT molecular complexity index is 7180. The third kappa shape index (κ3) is 25.4. The van der Waals surface area contributed by atoms with Gasteiger partial charge in [-0.3, -0.25) is 9.69 Å². The highest BCUT2D eigenvalue weighted by Crippen LogP contribution is 2.40. The molecule has 2 aliphatic rings. The van der Waals surface area contributed by atoms with E-state index in [2.05, 4.69) is 165 Å². The molecule has 1 saturated heterocycles. The van der Waals surface area contributed by atoms with E-state index in [1.807, 2.05) is 85.7 Å². The maximum atomic E-state index is 15.6. The van der Waals surface area contributed by atoms with Gasteiger partial charge >= 0.3 is 0 Å². The molecule has 0 bridgehead atoms. The van der Waals surface area contributed by atoms with Crippen molar-refractivity contribution >= 4 is 34.9 Å². The summed E-state index contributed by atoms with van der Waals surface area (Å²) in [5.41, 5.74) is 37.3. The van der Waals surface area contributed by atoms with Gasteiger partial charge in [-0.05, 0) is 273 Å². The predicted octanol–water partition coefficient (Wildman–Crippen LogP) is 15.5. The molecule has 0 spiro atoms. The number of methoxy groups -OCH3 is 1. The summed E-state index contributed by atoms with van der Waals surface area (Å²) in [5, 5.41) is 50.8. The van der Waals surface area contributed by atoms with E-state index in [1.165, 1.54) is 44.3 Å². The highest BCUT2D eigenvalue weighted by molar-refractivity contribution is 5.95. The first-order valence-corrected chi connectivity index (χ1v) is 49.2. The molecule has 9 aromatic heterocycles. The van der Waals surface area contributed by atoms with E-state index in [0.717, 1.165) is 147 Å². The second-order valence-corrected chi connectivity index (χ2v) is 35.4. The van der Waals surface area contributed by atoms with Crippen LogP contribution in [0.4, 0.5) is 46.5 Å². The summed E-state index contributed by atoms with van der Waals surface area (Å²) >= 11 is 0. The Morgan fingerprint density at radius 1 is 0.399 bits per heavy atom. The summed E-state index contributed by atoms with van der Waals surface area (Å²) in [4.78, 5) is 48.8. The number of nitrogens with zero attached hydrogens (tertiary/aromatic N) is 27. The Balaban J connectivity index is 0.000000148. The zero-order valence-electron chi connectivity index (χ0n) is 85.2. The van der Waals surface area contributed by atoms with Crippen molar-refractivity contribution in [2.45, 2.75) is 107 Å². The van der Waals surface area contributed by atoms with E-state index >= 15 is 17.6 Å². The van der Waals surface area contributed by atoms with Gasteiger partial charge in [-0.15, -0.1) is 20.4 Å². The number of anilines is 5. The van der Waals surface area contributed by atoms with E-state index in [-0.39, 0.29) is 75.4 Å². The maximum absolute atomic E-state index is 15.6. The minimum atomic E-state index is -0.489. The third-order valence-corrected chi connectivity index (χ3v) is 25.9. The summed E-state index contributed by atoms with van der Waals surface area (Å²) in [7, 11) is 5.59. The monoisotopic (exact) mass is 2020 g/mol. The Labute approximate surface area is 855 Å². The molecule has 42 heteroatoms. The van der Waals surface area contributed by atoms with E-state index in [0.29, 0.717) is 105 Å². The number of pyridine rings is 4. The third-order valence-electron chi connectivity index (χ3n) is 25.9. The van der Waals surface area contributed by atoms with Gasteiger partial charge in [0.25, 0.3) is 5.91 Å². The molecule has 9 N–H and O–H groups in total. The number of nitrogens with one attached hydrogen (secondary N) is 1. The van der Waals surface area contributed by atoms with Crippen molar-refractivity contribution in [3.8, 4) is 142 Å². The lowest BCUT2D eigenvalue weighted by Crippen LogP contribution is -2.33. The second-order valence-electron chi connectivity index (χ2n) is 35.4. The molecule has 10 heterocycles. The maximum Gasteiger partial charge on any atom is 0.251 e. The molecule has 0 atom stereocenters. The fourth-order valence-corrected chi connectivity index (χ4v) is 16.7. The van der Waals surface area contributed by atoms with E-state index in [1.54, 1.807) is 145 Å². The smallest absolute Gasteiger partial charge is 0.251 e. The molecule has 148 heavy (non-hydrogen) atoms. The molecular formula is C106H122F4N32O6. The largest absolute Gasteiger partial charge is 0.497 e. The molecule has 770 valence electrons. The standard InChI is InChI=1S/C29H33FN8O2.C27H33FN8O.C27H30FN7O2.C23H26FN9O/c1-4-37(5-2)14-15-40-25-13-12-24(26(30)18(25)3)38-28(34-35-36-38)23-16-21(17-32-27(23)31)19-6-8-20(9-7-19)29(39)33-22-10-11-22;1-6-35(7-2)13-14-37-24-12-11-23(25(28)18(24)3)36-27(31-32-33-36)22-16-20(17-30-26(22)29)19-9-8-10-21(15-19)34(4)5;1-18-24(37-15-14-34-12-4-3-5-13-34)11-10-23(25(18)28)35-27(31-32-33-35)22-16-20(17-30-26(22)29)19-6-8-21(36-2)9-7-19;1-4-32(5-2)8-9-34-20-7-6-19(21(24)15(20)3)33-23(29-30-31-33)18-10-16(13-28-22(18)25)17-11-26-14-27-12-17/h6-9,12-13,16-17,22H,4-5,10-11,14-15H2,1-3H3,(H2,31,32)(H,33,39);8-12,15-17H,6-7,13-14H2,1-5H3,(H2,29,30);6-11,16-17H,3-5,12-15H2,1-2H3,(H2,29,30);6-7,10-14H,4-5,8-9H2,1-3H3,(H2,25,28). The van der Waals surface area contributed by atoms with Crippen molar-refractivity contribution < 1.29 is 46.0 Å². The fraction of sp³-hybridized carbons (Fsp3) is 0.330. The lowest BCUT2D eigenvalue weighted by atomic mass is 10.0. The molecule has 1 aliphatic carbocycles. The highest BCUT2D eigenvalue weighted by atomic mass is 19.1. The number of carbonyl (C=O) groups excluding carboxylic acids is 1. The Kier molecular flexibility index (Phi) is 35.7. The van der Waals surface area contributed by atoms with Gasteiger partial charge in [-0.25, -0.2) is 47.5 Å². The van der Waals surface area contributed by atoms with E-state index in [4.69, 9.17) is 46.6 Å². The van der Waals surface area contributed by atoms with Gasteiger partial charge < -0.3 is 71.5 Å². The van der Waals surface area contributed by atoms with Crippen LogP contribution in [0.25, 0.3) is 113 Å². The number of nitrogens with two attached hydrogens (primary N) is 4. The van der Waals surface area contributed by atoms with Gasteiger partial charge in [0.15, 0.2) is 46.6 Å². The van der Waals surface area contributed by atoms with Crippen LogP contribution in [0.5, 0.6) is 28.7 Å². The number of benzene rings is 7. The van der Waals surface area contributed by atoms with Crippen molar-refractivity contribution in [1.29, 1.82) is 0 Å². The van der Waals surface area contributed by atoms with Crippen LogP contribution in [-0.2, 0) is 0 Å². The lowest BCUT2D eigenvalue weighted by molar-refractivity contribution is 0.0951. The van der Waals surface area contributed by atoms with Crippen molar-refractivity contribution in [3.05, 3.63) is 240 Å². The summed E-state index contributed by atoms with van der Waals surface area (Å²) in [5.74, 6) is 2.74. The van der Waals surface area contributed by atoms with Gasteiger partial charge in [-0.2, -0.15) is 18.7 Å². The summed E-state index contributed by atoms with van der Waals surface area (Å²) in [6, 6.07) is 43.8. The number of ether oxygens (including phenoxy) is 5. The average Bonchev–Trinajstić information content (AvgIpc) is 1.61. The minimum Gasteiger partial charge on any atom is -0.497 e. The van der Waals surface area contributed by atoms with Crippen LogP contribution in [0, 0.1) is 51.0 Å². The number of likely N-dealkylation sites (tertiary alicyclic amines) is 1.